The van der Waals surface area contributed by atoms with E-state index in [0.29, 0.717) is 15.8 Å². The highest BCUT2D eigenvalue weighted by molar-refractivity contribution is 7.20. The largest absolute Gasteiger partial charge is 0.357 e. The molecule has 0 bridgehead atoms. The molecule has 0 amide bonds. The minimum absolute atomic E-state index is 0.506. The molecular weight excluding hydrogens is 332 g/mol. The van der Waals surface area contributed by atoms with Crippen molar-refractivity contribution in [1.82, 2.24) is 15.3 Å². The number of hydrogen-bond donors (Lipinski definition) is 2. The molecule has 0 aliphatic rings. The Balaban J connectivity index is 0.000000595. The van der Waals surface area contributed by atoms with Crippen molar-refractivity contribution in [3.63, 3.8) is 0 Å². The monoisotopic (exact) mass is 348 g/mol. The quantitative estimate of drug-likeness (QED) is 0.706. The van der Waals surface area contributed by atoms with Crippen LogP contribution in [0.4, 0.5) is 5.95 Å². The lowest BCUT2D eigenvalue weighted by Gasteiger charge is -2.07. The minimum Gasteiger partial charge on any atom is -0.357 e. The summed E-state index contributed by atoms with van der Waals surface area (Å²) >= 11 is 7.59. The maximum absolute atomic E-state index is 11.0. The van der Waals surface area contributed by atoms with Crippen LogP contribution in [0.3, 0.4) is 0 Å². The van der Waals surface area contributed by atoms with Gasteiger partial charge in [-0.3, -0.25) is 4.79 Å². The van der Waals surface area contributed by atoms with Crippen LogP contribution in [0.1, 0.15) is 9.67 Å². The number of rotatable bonds is 3. The topological polar surface area (TPSA) is 66.9 Å². The summed E-state index contributed by atoms with van der Waals surface area (Å²) in [6.07, 6.45) is 0.821. The summed E-state index contributed by atoms with van der Waals surface area (Å²) in [5, 5.41) is 7.14. The summed E-state index contributed by atoms with van der Waals surface area (Å²) in [7, 11) is 5.51. The van der Waals surface area contributed by atoms with Crippen molar-refractivity contribution in [3.05, 3.63) is 40.2 Å². The van der Waals surface area contributed by atoms with E-state index in [1.165, 1.54) is 11.3 Å². The molecule has 23 heavy (non-hydrogen) atoms. The number of nitrogens with one attached hydrogen (secondary N) is 2. The molecular formula is C16H17ClN4OS. The fraction of sp³-hybridized carbons (Fsp3) is 0.188. The molecule has 3 rings (SSSR count). The van der Waals surface area contributed by atoms with E-state index in [1.54, 1.807) is 13.1 Å². The zero-order valence-electron chi connectivity index (χ0n) is 13.1. The molecule has 0 atom stereocenters. The Morgan fingerprint density at radius 1 is 1.17 bits per heavy atom. The number of aromatic nitrogens is 2. The second kappa shape index (κ2) is 8.01. The second-order valence-electron chi connectivity index (χ2n) is 4.61. The van der Waals surface area contributed by atoms with Crippen LogP contribution in [0.2, 0.25) is 5.02 Å². The lowest BCUT2D eigenvalue weighted by atomic mass is 10.1. The van der Waals surface area contributed by atoms with Crippen molar-refractivity contribution in [2.75, 3.05) is 26.5 Å². The molecule has 0 aliphatic carbocycles. The third-order valence-electron chi connectivity index (χ3n) is 2.88. The van der Waals surface area contributed by atoms with E-state index in [2.05, 4.69) is 20.6 Å². The van der Waals surface area contributed by atoms with Gasteiger partial charge < -0.3 is 10.6 Å². The average molecular weight is 349 g/mol. The number of aldehydes is 1. The third kappa shape index (κ3) is 3.85. The van der Waals surface area contributed by atoms with E-state index in [4.69, 9.17) is 11.6 Å². The van der Waals surface area contributed by atoms with Crippen LogP contribution < -0.4 is 10.6 Å². The van der Waals surface area contributed by atoms with Gasteiger partial charge in [0.25, 0.3) is 0 Å². The molecule has 7 heteroatoms. The molecule has 0 aliphatic heterocycles. The van der Waals surface area contributed by atoms with Crippen LogP contribution in [0, 0.1) is 0 Å². The fourth-order valence-electron chi connectivity index (χ4n) is 1.97. The summed E-state index contributed by atoms with van der Waals surface area (Å²) in [5.41, 5.74) is 1.56. The van der Waals surface area contributed by atoms with Gasteiger partial charge in [-0.1, -0.05) is 29.8 Å². The van der Waals surface area contributed by atoms with Crippen molar-refractivity contribution in [1.29, 1.82) is 0 Å². The molecule has 0 unspecified atom stereocenters. The van der Waals surface area contributed by atoms with Gasteiger partial charge in [0, 0.05) is 23.0 Å². The molecule has 2 N–H and O–H groups in total. The third-order valence-corrected chi connectivity index (χ3v) is 4.16. The highest BCUT2D eigenvalue weighted by Gasteiger charge is 2.14. The number of hydrogen-bond acceptors (Lipinski definition) is 6. The van der Waals surface area contributed by atoms with Gasteiger partial charge in [0.2, 0.25) is 5.95 Å². The van der Waals surface area contributed by atoms with E-state index in [9.17, 15) is 4.79 Å². The van der Waals surface area contributed by atoms with Crippen LogP contribution in [0.15, 0.2) is 30.3 Å². The maximum atomic E-state index is 11.0. The lowest BCUT2D eigenvalue weighted by molar-refractivity contribution is 0.112. The van der Waals surface area contributed by atoms with Crippen LogP contribution in [-0.4, -0.2) is 37.4 Å². The molecule has 3 aromatic rings. The van der Waals surface area contributed by atoms with Gasteiger partial charge in [-0.25, -0.2) is 9.97 Å². The Morgan fingerprint density at radius 3 is 2.48 bits per heavy atom. The molecule has 120 valence electrons. The highest BCUT2D eigenvalue weighted by atomic mass is 35.5. The zero-order valence-corrected chi connectivity index (χ0v) is 14.6. The zero-order chi connectivity index (χ0) is 16.8. The van der Waals surface area contributed by atoms with E-state index < -0.39 is 0 Å². The first kappa shape index (κ1) is 17.3. The number of carbonyl (C=O) groups excluding carboxylic acids is 1. The molecule has 0 fully saturated rings. The Labute approximate surface area is 143 Å². The van der Waals surface area contributed by atoms with Crippen molar-refractivity contribution in [2.24, 2.45) is 0 Å². The molecule has 1 aromatic carbocycles. The maximum Gasteiger partial charge on any atom is 0.224 e. The summed E-state index contributed by atoms with van der Waals surface area (Å²) < 4.78 is 0. The van der Waals surface area contributed by atoms with Crippen LogP contribution in [0.5, 0.6) is 0 Å². The Hall–Kier alpha value is -2.02. The van der Waals surface area contributed by atoms with Crippen LogP contribution >= 0.6 is 22.9 Å². The number of anilines is 1. The first-order chi connectivity index (χ1) is 11.1. The van der Waals surface area contributed by atoms with Crippen molar-refractivity contribution >= 4 is 45.4 Å². The molecule has 0 saturated heterocycles. The number of fused-ring (bicyclic) bond motifs is 1. The number of benzene rings is 1. The fourth-order valence-corrected chi connectivity index (χ4v) is 3.04. The van der Waals surface area contributed by atoms with Gasteiger partial charge in [0.1, 0.15) is 4.83 Å². The predicted molar refractivity (Wildman–Crippen MR) is 97.8 cm³/mol. The molecule has 0 saturated carbocycles. The summed E-state index contributed by atoms with van der Waals surface area (Å²) in [6, 6.07) is 9.29. The molecule has 0 spiro atoms. The van der Waals surface area contributed by atoms with Gasteiger partial charge in [0.05, 0.1) is 10.6 Å². The summed E-state index contributed by atoms with van der Waals surface area (Å²) in [6.45, 7) is 0. The first-order valence-corrected chi connectivity index (χ1v) is 8.12. The standard InChI is InChI=1S/C14H10ClN3OS.C2H7N/c1-16-14-17-12(9-4-2-3-5-11(9)15)10-6-8(7-19)20-13(10)18-14;1-3-2/h2-7H,1H3,(H,16,17,18);3H,1-2H3. The Morgan fingerprint density at radius 2 is 1.87 bits per heavy atom. The summed E-state index contributed by atoms with van der Waals surface area (Å²) in [4.78, 5) is 21.2. The molecule has 0 radical (unpaired) electrons. The van der Waals surface area contributed by atoms with E-state index in [-0.39, 0.29) is 0 Å². The minimum atomic E-state index is 0.506. The van der Waals surface area contributed by atoms with E-state index in [0.717, 1.165) is 27.8 Å². The van der Waals surface area contributed by atoms with Crippen molar-refractivity contribution < 1.29 is 4.79 Å². The van der Waals surface area contributed by atoms with Gasteiger partial charge in [0.15, 0.2) is 6.29 Å². The predicted octanol–water partition coefficient (Wildman–Crippen LogP) is 3.70. The van der Waals surface area contributed by atoms with Crippen LogP contribution in [0.25, 0.3) is 21.5 Å². The number of nitrogens with zero attached hydrogens (tertiary/aromatic N) is 2. The number of halogens is 1. The SMILES string of the molecule is CNC.CNc1nc(-c2ccccc2Cl)c2cc(C=O)sc2n1. The molecule has 5 nitrogen and oxygen atoms in total. The van der Waals surface area contributed by atoms with Gasteiger partial charge >= 0.3 is 0 Å². The number of carbonyl (C=O) groups is 1. The normalized spacial score (nSPS) is 10.1. The van der Waals surface area contributed by atoms with E-state index >= 15 is 0 Å². The van der Waals surface area contributed by atoms with Gasteiger partial charge in [-0.15, -0.1) is 11.3 Å². The highest BCUT2D eigenvalue weighted by Crippen LogP contribution is 2.35. The number of thiophene rings is 1. The average Bonchev–Trinajstić information content (AvgIpc) is 2.98. The van der Waals surface area contributed by atoms with Gasteiger partial charge in [-0.05, 0) is 26.2 Å². The smallest absolute Gasteiger partial charge is 0.224 e. The molecule has 2 heterocycles. The Bertz CT molecular complexity index is 819. The van der Waals surface area contributed by atoms with Gasteiger partial charge in [-0.2, -0.15) is 0 Å². The van der Waals surface area contributed by atoms with Crippen molar-refractivity contribution in [3.8, 4) is 11.3 Å². The lowest BCUT2D eigenvalue weighted by Crippen LogP contribution is -1.97. The van der Waals surface area contributed by atoms with Crippen molar-refractivity contribution in [2.45, 2.75) is 0 Å². The second-order valence-corrected chi connectivity index (χ2v) is 6.08. The van der Waals surface area contributed by atoms with E-state index in [1.807, 2.05) is 38.4 Å². The Kier molecular flexibility index (Phi) is 6.04. The summed E-state index contributed by atoms with van der Waals surface area (Å²) in [5.74, 6) is 0.506. The van der Waals surface area contributed by atoms with Crippen LogP contribution in [-0.2, 0) is 0 Å². The first-order valence-electron chi connectivity index (χ1n) is 6.92. The molecule has 2 aromatic heterocycles.